The Morgan fingerprint density at radius 1 is 1.11 bits per heavy atom. The second kappa shape index (κ2) is 5.83. The third kappa shape index (κ3) is 2.74. The molecule has 1 aliphatic rings. The lowest BCUT2D eigenvalue weighted by Crippen LogP contribution is -2.27. The van der Waals surface area contributed by atoms with Crippen molar-refractivity contribution in [3.05, 3.63) is 34.6 Å². The second-order valence-corrected chi connectivity index (χ2v) is 5.63. The summed E-state index contributed by atoms with van der Waals surface area (Å²) in [6.45, 7) is 3.72. The molecule has 0 aromatic heterocycles. The van der Waals surface area contributed by atoms with Gasteiger partial charge in [-0.3, -0.25) is 0 Å². The van der Waals surface area contributed by atoms with Crippen molar-refractivity contribution < 1.29 is 4.39 Å². The van der Waals surface area contributed by atoms with Gasteiger partial charge in [-0.2, -0.15) is 0 Å². The van der Waals surface area contributed by atoms with E-state index in [1.165, 1.54) is 37.7 Å². The number of benzene rings is 1. The van der Waals surface area contributed by atoms with Crippen molar-refractivity contribution >= 4 is 0 Å². The lowest BCUT2D eigenvalue weighted by molar-refractivity contribution is 0.281. The molecule has 1 unspecified atom stereocenters. The second-order valence-electron chi connectivity index (χ2n) is 5.63. The predicted octanol–water partition coefficient (Wildman–Crippen LogP) is 4.28. The standard InChI is InChI=1S/C16H24FN/c1-11-9-14(10-12(2)15(11)17)16(18-3)13-7-5-4-6-8-13/h9-10,13,16,18H,4-8H2,1-3H3. The quantitative estimate of drug-likeness (QED) is 0.843. The van der Waals surface area contributed by atoms with E-state index in [2.05, 4.69) is 5.32 Å². The molecule has 1 aromatic rings. The molecule has 1 N–H and O–H groups in total. The summed E-state index contributed by atoms with van der Waals surface area (Å²) >= 11 is 0. The maximum absolute atomic E-state index is 13.7. The summed E-state index contributed by atoms with van der Waals surface area (Å²) < 4.78 is 13.7. The molecule has 0 aliphatic heterocycles. The molecule has 0 amide bonds. The fourth-order valence-corrected chi connectivity index (χ4v) is 3.30. The Hall–Kier alpha value is -0.890. The van der Waals surface area contributed by atoms with Gasteiger partial charge in [0.05, 0.1) is 0 Å². The van der Waals surface area contributed by atoms with Crippen LogP contribution in [0, 0.1) is 25.6 Å². The van der Waals surface area contributed by atoms with Gasteiger partial charge in [0.25, 0.3) is 0 Å². The van der Waals surface area contributed by atoms with E-state index in [0.717, 1.165) is 11.1 Å². The van der Waals surface area contributed by atoms with Crippen molar-refractivity contribution in [2.75, 3.05) is 7.05 Å². The van der Waals surface area contributed by atoms with Crippen LogP contribution in [-0.4, -0.2) is 7.05 Å². The van der Waals surface area contributed by atoms with Gasteiger partial charge in [-0.1, -0.05) is 31.4 Å². The van der Waals surface area contributed by atoms with Crippen molar-refractivity contribution in [1.29, 1.82) is 0 Å². The molecular weight excluding hydrogens is 225 g/mol. The van der Waals surface area contributed by atoms with Crippen LogP contribution in [-0.2, 0) is 0 Å². The molecule has 1 aromatic carbocycles. The van der Waals surface area contributed by atoms with E-state index >= 15 is 0 Å². The zero-order valence-corrected chi connectivity index (χ0v) is 11.7. The summed E-state index contributed by atoms with van der Waals surface area (Å²) in [5, 5.41) is 3.44. The molecule has 2 heteroatoms. The molecule has 100 valence electrons. The SMILES string of the molecule is CNC(c1cc(C)c(F)c(C)c1)C1CCCCC1. The molecule has 0 radical (unpaired) electrons. The van der Waals surface area contributed by atoms with E-state index in [4.69, 9.17) is 0 Å². The van der Waals surface area contributed by atoms with Crippen molar-refractivity contribution in [2.24, 2.45) is 5.92 Å². The Balaban J connectivity index is 2.26. The van der Waals surface area contributed by atoms with E-state index in [1.54, 1.807) is 0 Å². The highest BCUT2D eigenvalue weighted by molar-refractivity contribution is 5.32. The van der Waals surface area contributed by atoms with Gasteiger partial charge in [0, 0.05) is 6.04 Å². The molecule has 0 heterocycles. The predicted molar refractivity (Wildman–Crippen MR) is 74.2 cm³/mol. The van der Waals surface area contributed by atoms with Crippen molar-refractivity contribution in [3.8, 4) is 0 Å². The first-order valence-corrected chi connectivity index (χ1v) is 7.07. The summed E-state index contributed by atoms with van der Waals surface area (Å²) in [6.07, 6.45) is 6.63. The first-order valence-electron chi connectivity index (χ1n) is 7.07. The molecule has 1 fully saturated rings. The highest BCUT2D eigenvalue weighted by Crippen LogP contribution is 2.35. The average molecular weight is 249 g/mol. The molecule has 1 nitrogen and oxygen atoms in total. The minimum atomic E-state index is -0.0581. The van der Waals surface area contributed by atoms with Crippen LogP contribution in [0.1, 0.15) is 54.8 Å². The van der Waals surface area contributed by atoms with Crippen molar-refractivity contribution in [1.82, 2.24) is 5.32 Å². The monoisotopic (exact) mass is 249 g/mol. The number of aryl methyl sites for hydroxylation is 2. The fraction of sp³-hybridized carbons (Fsp3) is 0.625. The van der Waals surface area contributed by atoms with Crippen LogP contribution in [0.25, 0.3) is 0 Å². The summed E-state index contributed by atoms with van der Waals surface area (Å²) in [5.74, 6) is 0.644. The van der Waals surface area contributed by atoms with Crippen LogP contribution in [0.4, 0.5) is 4.39 Å². The Morgan fingerprint density at radius 2 is 1.67 bits per heavy atom. The first-order chi connectivity index (χ1) is 8.63. The summed E-state index contributed by atoms with van der Waals surface area (Å²) in [6, 6.07) is 4.40. The zero-order chi connectivity index (χ0) is 13.1. The van der Waals surface area contributed by atoms with Gasteiger partial charge in [0.2, 0.25) is 0 Å². The number of hydrogen-bond donors (Lipinski definition) is 1. The van der Waals surface area contributed by atoms with Gasteiger partial charge in [-0.25, -0.2) is 4.39 Å². The zero-order valence-electron chi connectivity index (χ0n) is 11.7. The van der Waals surface area contributed by atoms with Gasteiger partial charge in [0.15, 0.2) is 0 Å². The Morgan fingerprint density at radius 3 is 2.17 bits per heavy atom. The normalized spacial score (nSPS) is 18.9. The maximum Gasteiger partial charge on any atom is 0.129 e. The van der Waals surface area contributed by atoms with Gasteiger partial charge in [0.1, 0.15) is 5.82 Å². The topological polar surface area (TPSA) is 12.0 Å². The minimum Gasteiger partial charge on any atom is -0.313 e. The van der Waals surface area contributed by atoms with Crippen molar-refractivity contribution in [3.63, 3.8) is 0 Å². The highest BCUT2D eigenvalue weighted by atomic mass is 19.1. The number of halogens is 1. The number of rotatable bonds is 3. The number of hydrogen-bond acceptors (Lipinski definition) is 1. The van der Waals surface area contributed by atoms with Crippen LogP contribution in [0.15, 0.2) is 12.1 Å². The molecule has 0 saturated heterocycles. The Kier molecular flexibility index (Phi) is 4.39. The van der Waals surface area contributed by atoms with E-state index in [9.17, 15) is 4.39 Å². The molecule has 1 saturated carbocycles. The molecule has 0 spiro atoms. The number of nitrogens with one attached hydrogen (secondary N) is 1. The third-order valence-corrected chi connectivity index (χ3v) is 4.25. The molecule has 18 heavy (non-hydrogen) atoms. The van der Waals surface area contributed by atoms with Crippen LogP contribution >= 0.6 is 0 Å². The van der Waals surface area contributed by atoms with E-state index in [-0.39, 0.29) is 5.82 Å². The van der Waals surface area contributed by atoms with Gasteiger partial charge < -0.3 is 5.32 Å². The van der Waals surface area contributed by atoms with Crippen LogP contribution in [0.2, 0.25) is 0 Å². The Labute approximate surface area is 110 Å². The van der Waals surface area contributed by atoms with Crippen LogP contribution in [0.5, 0.6) is 0 Å². The summed E-state index contributed by atoms with van der Waals surface area (Å²) in [7, 11) is 2.02. The minimum absolute atomic E-state index is 0.0581. The first kappa shape index (κ1) is 13.5. The lowest BCUT2D eigenvalue weighted by Gasteiger charge is -2.31. The third-order valence-electron chi connectivity index (χ3n) is 4.25. The van der Waals surface area contributed by atoms with Gasteiger partial charge in [-0.15, -0.1) is 0 Å². The Bertz CT molecular complexity index is 385. The van der Waals surface area contributed by atoms with E-state index in [1.807, 2.05) is 33.0 Å². The van der Waals surface area contributed by atoms with Gasteiger partial charge in [-0.05, 0) is 56.3 Å². The molecule has 0 bridgehead atoms. The molecular formula is C16H24FN. The fourth-order valence-electron chi connectivity index (χ4n) is 3.30. The van der Waals surface area contributed by atoms with Crippen molar-refractivity contribution in [2.45, 2.75) is 52.0 Å². The van der Waals surface area contributed by atoms with Crippen LogP contribution < -0.4 is 5.32 Å². The summed E-state index contributed by atoms with van der Waals surface area (Å²) in [5.41, 5.74) is 2.78. The molecule has 2 rings (SSSR count). The average Bonchev–Trinajstić information content (AvgIpc) is 2.38. The lowest BCUT2D eigenvalue weighted by atomic mass is 9.80. The maximum atomic E-state index is 13.7. The van der Waals surface area contributed by atoms with Crippen LogP contribution in [0.3, 0.4) is 0 Å². The van der Waals surface area contributed by atoms with E-state index in [0.29, 0.717) is 12.0 Å². The molecule has 1 aliphatic carbocycles. The van der Waals surface area contributed by atoms with Gasteiger partial charge >= 0.3 is 0 Å². The largest absolute Gasteiger partial charge is 0.313 e. The summed E-state index contributed by atoms with van der Waals surface area (Å²) in [4.78, 5) is 0. The highest BCUT2D eigenvalue weighted by Gasteiger charge is 2.24. The van der Waals surface area contributed by atoms with E-state index < -0.39 is 0 Å². The molecule has 1 atom stereocenters. The smallest absolute Gasteiger partial charge is 0.129 e.